The molecule has 4 atom stereocenters. The van der Waals surface area contributed by atoms with Crippen LogP contribution < -0.4 is 50.3 Å². The quantitative estimate of drug-likeness (QED) is 0.0843. The molecule has 0 radical (unpaired) electrons. The summed E-state index contributed by atoms with van der Waals surface area (Å²) in [6.45, 7) is 2.78. The van der Waals surface area contributed by atoms with Gasteiger partial charge in [-0.3, -0.25) is 33.8 Å². The van der Waals surface area contributed by atoms with Crippen LogP contribution in [0.4, 0.5) is 22.7 Å². The highest BCUT2D eigenvalue weighted by atomic mass is 79.9. The van der Waals surface area contributed by atoms with E-state index in [0.717, 1.165) is 30.5 Å². The number of para-hydroxylation sites is 4. The van der Waals surface area contributed by atoms with E-state index in [2.05, 4.69) is 58.1 Å². The Labute approximate surface area is 456 Å². The number of carbonyl (C=O) groups is 6. The molecule has 0 bridgehead atoms. The first-order valence-corrected chi connectivity index (χ1v) is 26.1. The van der Waals surface area contributed by atoms with Crippen LogP contribution in [0.2, 0.25) is 0 Å². The Bertz CT molecular complexity index is 3230. The average Bonchev–Trinajstić information content (AvgIpc) is 3.64. The van der Waals surface area contributed by atoms with Crippen LogP contribution in [0.1, 0.15) is 45.7 Å². The van der Waals surface area contributed by atoms with Crippen molar-refractivity contribution in [2.75, 3.05) is 61.0 Å². The van der Waals surface area contributed by atoms with Crippen LogP contribution in [0.15, 0.2) is 137 Å². The minimum absolute atomic E-state index is 0.000263. The predicted molar refractivity (Wildman–Crippen MR) is 300 cm³/mol. The van der Waals surface area contributed by atoms with Crippen molar-refractivity contribution in [3.8, 4) is 11.5 Å². The zero-order valence-electron chi connectivity index (χ0n) is 42.5. The zero-order chi connectivity index (χ0) is 53.9. The summed E-state index contributed by atoms with van der Waals surface area (Å²) in [5.41, 5.74) is 2.92. The van der Waals surface area contributed by atoms with E-state index < -0.39 is 59.6 Å². The number of hydrogen-bond acceptors (Lipinski definition) is 11. The van der Waals surface area contributed by atoms with Gasteiger partial charge in [-0.2, -0.15) is 0 Å². The fraction of sp³-hybridized carbons (Fsp3) is 0.246. The maximum absolute atomic E-state index is 15.3. The minimum atomic E-state index is -1.24. The highest BCUT2D eigenvalue weighted by Crippen LogP contribution is 2.40. The maximum Gasteiger partial charge on any atom is 0.260 e. The number of likely N-dealkylation sites (N-methyl/N-ethyl adjacent to an activating group) is 2. The molecule has 3 heterocycles. The molecule has 9 rings (SSSR count). The monoisotopic (exact) mass is 1150 g/mol. The second-order valence-electron chi connectivity index (χ2n) is 18.5. The topological polar surface area (TPSA) is 195 Å². The van der Waals surface area contributed by atoms with Gasteiger partial charge in [0.1, 0.15) is 23.6 Å². The zero-order valence-corrected chi connectivity index (χ0v) is 45.7. The Morgan fingerprint density at radius 1 is 0.579 bits per heavy atom. The predicted octanol–water partition coefficient (Wildman–Crippen LogP) is 7.50. The first-order chi connectivity index (χ1) is 36.6. The van der Waals surface area contributed by atoms with Crippen molar-refractivity contribution in [1.82, 2.24) is 26.3 Å². The number of halogens is 2. The van der Waals surface area contributed by atoms with Crippen LogP contribution in [0.5, 0.6) is 11.5 Å². The van der Waals surface area contributed by atoms with Crippen LogP contribution in [-0.2, 0) is 32.3 Å². The van der Waals surface area contributed by atoms with Crippen molar-refractivity contribution >= 4 is 112 Å². The van der Waals surface area contributed by atoms with Gasteiger partial charge in [0, 0.05) is 32.5 Å². The molecule has 6 aromatic carbocycles. The molecule has 0 fully saturated rings. The number of methoxy groups -OCH3 is 2. The summed E-state index contributed by atoms with van der Waals surface area (Å²) in [5.74, 6) is -2.02. The van der Waals surface area contributed by atoms with Crippen LogP contribution in [-0.4, -0.2) is 106 Å². The number of carbonyl (C=O) groups excluding carboxylic acids is 6. The van der Waals surface area contributed by atoms with Gasteiger partial charge in [-0.05, 0) is 116 Å². The number of hydrogen-bond donors (Lipinski definition) is 4. The largest absolute Gasteiger partial charge is 0.496 e. The van der Waals surface area contributed by atoms with Gasteiger partial charge in [0.15, 0.2) is 0 Å². The molecule has 2 aliphatic rings. The van der Waals surface area contributed by atoms with E-state index in [1.165, 1.54) is 28.3 Å². The SMILES string of the molecule is CN[C@@H](C)C(=O)N[C@H]1CN(C(=O)c2cncc(C(=O)N3C[C@H](NC(=O)[C@H](C)NC)C(=O)N(Cc4c(OC)ccc5cc(Br)ccc45)c4ccccc43)c2)c2ccccc2N(Cc2c(OC)ccc3cc(Br)ccc23)C1=O. The molecule has 0 saturated heterocycles. The Morgan fingerprint density at radius 3 is 1.36 bits per heavy atom. The normalized spacial score (nSPS) is 16.3. The number of anilines is 4. The molecule has 17 nitrogen and oxygen atoms in total. The van der Waals surface area contributed by atoms with E-state index in [9.17, 15) is 9.59 Å². The van der Waals surface area contributed by atoms with Crippen molar-refractivity contribution in [1.29, 1.82) is 0 Å². The number of aromatic nitrogens is 1. The van der Waals surface area contributed by atoms with E-state index in [0.29, 0.717) is 45.4 Å². The number of benzene rings is 6. The van der Waals surface area contributed by atoms with Gasteiger partial charge in [0.05, 0.1) is 86.4 Å². The third-order valence-electron chi connectivity index (χ3n) is 14.0. The summed E-state index contributed by atoms with van der Waals surface area (Å²) in [6.07, 6.45) is 2.67. The average molecular weight is 1150 g/mol. The van der Waals surface area contributed by atoms with E-state index in [1.54, 1.807) is 100 Å². The van der Waals surface area contributed by atoms with Crippen molar-refractivity contribution < 1.29 is 38.2 Å². The molecular formula is C57H55Br2N9O8. The number of ether oxygens (including phenoxy) is 2. The first kappa shape index (κ1) is 53.1. The Morgan fingerprint density at radius 2 is 0.974 bits per heavy atom. The second-order valence-corrected chi connectivity index (χ2v) is 20.3. The molecular weight excluding hydrogens is 1100 g/mol. The summed E-state index contributed by atoms with van der Waals surface area (Å²) in [7, 11) is 6.38. The maximum atomic E-state index is 15.3. The van der Waals surface area contributed by atoms with Gasteiger partial charge in [-0.1, -0.05) is 80.4 Å². The fourth-order valence-corrected chi connectivity index (χ4v) is 10.4. The summed E-state index contributed by atoms with van der Waals surface area (Å²) in [5, 5.41) is 15.1. The van der Waals surface area contributed by atoms with Crippen LogP contribution in [0, 0.1) is 0 Å². The smallest absolute Gasteiger partial charge is 0.260 e. The van der Waals surface area contributed by atoms with Gasteiger partial charge in [0.25, 0.3) is 23.6 Å². The molecule has 1 aromatic heterocycles. The summed E-state index contributed by atoms with van der Waals surface area (Å²) < 4.78 is 13.5. The number of amides is 6. The van der Waals surface area contributed by atoms with Gasteiger partial charge >= 0.3 is 0 Å². The second kappa shape index (κ2) is 22.6. The van der Waals surface area contributed by atoms with Crippen LogP contribution in [0.25, 0.3) is 21.5 Å². The van der Waals surface area contributed by atoms with Gasteiger partial charge in [-0.15, -0.1) is 0 Å². The molecule has 0 aliphatic carbocycles. The van der Waals surface area contributed by atoms with Crippen LogP contribution in [0.3, 0.4) is 0 Å². The molecule has 6 amide bonds. The molecule has 0 spiro atoms. The van der Waals surface area contributed by atoms with Crippen molar-refractivity contribution in [3.63, 3.8) is 0 Å². The molecule has 76 heavy (non-hydrogen) atoms. The van der Waals surface area contributed by atoms with Gasteiger partial charge in [0.2, 0.25) is 11.8 Å². The fourth-order valence-electron chi connectivity index (χ4n) is 9.65. The number of pyridine rings is 1. The Hall–Kier alpha value is -7.71. The minimum Gasteiger partial charge on any atom is -0.496 e. The molecule has 390 valence electrons. The van der Waals surface area contributed by atoms with E-state index >= 15 is 19.2 Å². The lowest BCUT2D eigenvalue weighted by Gasteiger charge is -2.27. The van der Waals surface area contributed by atoms with Crippen molar-refractivity contribution in [2.45, 2.75) is 51.1 Å². The van der Waals surface area contributed by atoms with E-state index in [-0.39, 0.29) is 37.3 Å². The molecule has 7 aromatic rings. The van der Waals surface area contributed by atoms with Crippen LogP contribution >= 0.6 is 31.9 Å². The lowest BCUT2D eigenvalue weighted by molar-refractivity contribution is -0.128. The Kier molecular flexibility index (Phi) is 15.8. The van der Waals surface area contributed by atoms with E-state index in [4.69, 9.17) is 9.47 Å². The lowest BCUT2D eigenvalue weighted by atomic mass is 10.0. The van der Waals surface area contributed by atoms with Crippen molar-refractivity contribution in [2.24, 2.45) is 0 Å². The molecule has 0 unspecified atom stereocenters. The summed E-state index contributed by atoms with van der Waals surface area (Å²) in [6, 6.07) is 30.7. The number of nitrogens with one attached hydrogen (secondary N) is 4. The lowest BCUT2D eigenvalue weighted by Crippen LogP contribution is -2.56. The van der Waals surface area contributed by atoms with Gasteiger partial charge in [-0.25, -0.2) is 0 Å². The molecule has 19 heteroatoms. The summed E-state index contributed by atoms with van der Waals surface area (Å²) >= 11 is 7.13. The first-order valence-electron chi connectivity index (χ1n) is 24.5. The number of rotatable bonds is 14. The third-order valence-corrected chi connectivity index (χ3v) is 15.0. The van der Waals surface area contributed by atoms with Crippen molar-refractivity contribution in [3.05, 3.63) is 159 Å². The summed E-state index contributed by atoms with van der Waals surface area (Å²) in [4.78, 5) is 98.3. The van der Waals surface area contributed by atoms with E-state index in [1.807, 2.05) is 60.7 Å². The highest BCUT2D eigenvalue weighted by molar-refractivity contribution is 9.10. The standard InChI is InChI=1S/C57H55Br2N9O8/c1-32(60-3)52(69)63-44-30-67(48-13-9-7-11-46(48)65(56(44)73)28-42-40-19-17-38(58)24-34(40)15-21-50(42)75-5)54(71)36-23-37(27-62-26-36)55(72)68-31-45(64-53(70)33(2)61-4)57(74)66(47-12-8-10-14-49(47)68)29-43-41-20-18-39(59)25-35(41)16-22-51(43)76-6/h7-27,32-33,44-45,60-61H,28-31H2,1-6H3,(H,63,69)(H,64,70)/t32-,33-,44-,45-/m0/s1. The highest BCUT2D eigenvalue weighted by Gasteiger charge is 2.41. The number of fused-ring (bicyclic) bond motifs is 4. The third kappa shape index (κ3) is 10.5. The molecule has 0 saturated carbocycles. The molecule has 4 N–H and O–H groups in total. The van der Waals surface area contributed by atoms with Gasteiger partial charge < -0.3 is 50.3 Å². The molecule has 2 aliphatic heterocycles. The number of nitrogens with zero attached hydrogens (tertiary/aromatic N) is 5. The Balaban J connectivity index is 1.11.